The molecule has 2 heterocycles. The summed E-state index contributed by atoms with van der Waals surface area (Å²) >= 11 is 0. The molecule has 2 rings (SSSR count). The Morgan fingerprint density at radius 2 is 2.06 bits per heavy atom. The van der Waals surface area contributed by atoms with Crippen molar-refractivity contribution >= 4 is 5.82 Å². The summed E-state index contributed by atoms with van der Waals surface area (Å²) in [5, 5.41) is 28.2. The van der Waals surface area contributed by atoms with Gasteiger partial charge in [0.2, 0.25) is 0 Å². The number of H-pyrrole nitrogens is 1. The van der Waals surface area contributed by atoms with Crippen LogP contribution in [0.3, 0.4) is 0 Å². The van der Waals surface area contributed by atoms with E-state index in [2.05, 4.69) is 0 Å². The zero-order chi connectivity index (χ0) is 13.4. The molecule has 6 N–H and O–H groups in total. The van der Waals surface area contributed by atoms with Gasteiger partial charge in [0.15, 0.2) is 6.23 Å². The molecule has 0 aliphatic carbocycles. The Balaban J connectivity index is 2.45. The van der Waals surface area contributed by atoms with Crippen molar-refractivity contribution < 1.29 is 20.1 Å². The quantitative estimate of drug-likeness (QED) is 0.373. The molecule has 18 heavy (non-hydrogen) atoms. The van der Waals surface area contributed by atoms with Gasteiger partial charge in [-0.05, 0) is 0 Å². The Morgan fingerprint density at radius 1 is 1.39 bits per heavy atom. The number of ether oxygens (including phenoxy) is 1. The normalized spacial score (nSPS) is 31.7. The lowest BCUT2D eigenvalue weighted by molar-refractivity contribution is -0.0538. The number of aromatic nitrogens is 2. The van der Waals surface area contributed by atoms with Gasteiger partial charge >= 0.3 is 5.69 Å². The van der Waals surface area contributed by atoms with Crippen molar-refractivity contribution in [1.82, 2.24) is 9.55 Å². The van der Waals surface area contributed by atoms with Crippen LogP contribution in [0.2, 0.25) is 0 Å². The van der Waals surface area contributed by atoms with Crippen LogP contribution in [-0.2, 0) is 4.74 Å². The molecule has 1 aliphatic heterocycles. The number of nitrogens with one attached hydrogen (secondary N) is 1. The van der Waals surface area contributed by atoms with Crippen LogP contribution in [0.25, 0.3) is 0 Å². The van der Waals surface area contributed by atoms with Gasteiger partial charge in [-0.2, -0.15) is 0 Å². The largest absolute Gasteiger partial charge is 0.394 e. The van der Waals surface area contributed by atoms with Crippen molar-refractivity contribution in [1.29, 1.82) is 0 Å². The molecular weight excluding hydrogens is 246 g/mol. The van der Waals surface area contributed by atoms with E-state index < -0.39 is 42.4 Å². The molecular formula is C9H13N3O6. The molecule has 0 aromatic carbocycles. The number of aliphatic hydroxyl groups excluding tert-OH is 3. The predicted molar refractivity (Wildman–Crippen MR) is 58.7 cm³/mol. The summed E-state index contributed by atoms with van der Waals surface area (Å²) in [6, 6.07) is 0.954. The third-order valence-corrected chi connectivity index (χ3v) is 2.78. The first-order valence-corrected chi connectivity index (χ1v) is 5.19. The smallest absolute Gasteiger partial charge is 0.332 e. The predicted octanol–water partition coefficient (Wildman–Crippen LogP) is -3.27. The fourth-order valence-corrected chi connectivity index (χ4v) is 1.88. The second-order valence-electron chi connectivity index (χ2n) is 3.96. The molecule has 2 unspecified atom stereocenters. The average molecular weight is 259 g/mol. The highest BCUT2D eigenvalue weighted by Gasteiger charge is 2.44. The Morgan fingerprint density at radius 3 is 2.56 bits per heavy atom. The van der Waals surface area contributed by atoms with Gasteiger partial charge in [0.25, 0.3) is 5.56 Å². The van der Waals surface area contributed by atoms with E-state index >= 15 is 0 Å². The maximum Gasteiger partial charge on any atom is 0.332 e. The molecule has 100 valence electrons. The summed E-state index contributed by atoms with van der Waals surface area (Å²) in [4.78, 5) is 24.6. The van der Waals surface area contributed by atoms with Crippen molar-refractivity contribution in [2.45, 2.75) is 24.5 Å². The summed E-state index contributed by atoms with van der Waals surface area (Å²) in [6.45, 7) is -0.521. The second-order valence-corrected chi connectivity index (χ2v) is 3.96. The first kappa shape index (κ1) is 12.8. The number of hydrogen-bond donors (Lipinski definition) is 5. The molecule has 0 radical (unpaired) electrons. The van der Waals surface area contributed by atoms with Crippen LogP contribution in [0.1, 0.15) is 6.23 Å². The second kappa shape index (κ2) is 4.53. The molecule has 9 heteroatoms. The first-order chi connectivity index (χ1) is 8.45. The number of aromatic amines is 1. The molecule has 1 saturated heterocycles. The van der Waals surface area contributed by atoms with E-state index in [9.17, 15) is 19.8 Å². The van der Waals surface area contributed by atoms with Gasteiger partial charge in [0.05, 0.1) is 6.61 Å². The molecule has 0 spiro atoms. The van der Waals surface area contributed by atoms with Gasteiger partial charge in [-0.15, -0.1) is 0 Å². The van der Waals surface area contributed by atoms with Crippen LogP contribution < -0.4 is 17.0 Å². The highest BCUT2D eigenvalue weighted by molar-refractivity contribution is 5.27. The lowest BCUT2D eigenvalue weighted by Gasteiger charge is -2.18. The summed E-state index contributed by atoms with van der Waals surface area (Å²) in [5.74, 6) is -0.210. The SMILES string of the molecule is Nc1cc(=O)[nH]c(=O)n1[C@@H]1O[C@H](CO)C(O)C1O. The average Bonchev–Trinajstić information content (AvgIpc) is 2.56. The molecule has 1 aliphatic rings. The molecule has 1 aromatic rings. The minimum absolute atomic E-state index is 0.210. The molecule has 0 bridgehead atoms. The highest BCUT2D eigenvalue weighted by Crippen LogP contribution is 2.29. The van der Waals surface area contributed by atoms with E-state index in [0.717, 1.165) is 10.6 Å². The Kier molecular flexibility index (Phi) is 3.22. The van der Waals surface area contributed by atoms with E-state index in [-0.39, 0.29) is 5.82 Å². The highest BCUT2D eigenvalue weighted by atomic mass is 16.6. The van der Waals surface area contributed by atoms with Gasteiger partial charge < -0.3 is 25.8 Å². The minimum Gasteiger partial charge on any atom is -0.394 e. The molecule has 0 amide bonds. The summed E-state index contributed by atoms with van der Waals surface area (Å²) in [7, 11) is 0. The number of rotatable bonds is 2. The van der Waals surface area contributed by atoms with Crippen LogP contribution in [0.4, 0.5) is 5.82 Å². The van der Waals surface area contributed by atoms with Crippen molar-refractivity contribution in [3.05, 3.63) is 26.9 Å². The number of nitrogens with zero attached hydrogens (tertiary/aromatic N) is 1. The van der Waals surface area contributed by atoms with Crippen molar-refractivity contribution in [3.8, 4) is 0 Å². The fourth-order valence-electron chi connectivity index (χ4n) is 1.88. The van der Waals surface area contributed by atoms with Crippen LogP contribution in [0, 0.1) is 0 Å². The summed E-state index contributed by atoms with van der Waals surface area (Å²) in [6.07, 6.45) is -5.07. The van der Waals surface area contributed by atoms with E-state index in [1.165, 1.54) is 0 Å². The Bertz CT molecular complexity index is 552. The maximum atomic E-state index is 11.6. The number of nitrogen functional groups attached to an aromatic ring is 1. The fraction of sp³-hybridized carbons (Fsp3) is 0.556. The van der Waals surface area contributed by atoms with Gasteiger partial charge in [-0.25, -0.2) is 4.79 Å². The zero-order valence-corrected chi connectivity index (χ0v) is 9.18. The number of anilines is 1. The molecule has 1 fully saturated rings. The molecule has 1 aromatic heterocycles. The minimum atomic E-state index is -1.44. The monoisotopic (exact) mass is 259 g/mol. The molecule has 9 nitrogen and oxygen atoms in total. The third kappa shape index (κ3) is 1.93. The first-order valence-electron chi connectivity index (χ1n) is 5.19. The zero-order valence-electron chi connectivity index (χ0n) is 9.18. The summed E-state index contributed by atoms with van der Waals surface area (Å²) < 4.78 is 5.94. The lowest BCUT2D eigenvalue weighted by Crippen LogP contribution is -2.39. The van der Waals surface area contributed by atoms with Gasteiger partial charge in [0, 0.05) is 6.07 Å². The van der Waals surface area contributed by atoms with Crippen LogP contribution in [0.5, 0.6) is 0 Å². The van der Waals surface area contributed by atoms with Crippen LogP contribution >= 0.6 is 0 Å². The van der Waals surface area contributed by atoms with Gasteiger partial charge in [-0.3, -0.25) is 14.3 Å². The third-order valence-electron chi connectivity index (χ3n) is 2.78. The van der Waals surface area contributed by atoms with Crippen molar-refractivity contribution in [3.63, 3.8) is 0 Å². The van der Waals surface area contributed by atoms with Gasteiger partial charge in [-0.1, -0.05) is 0 Å². The standard InChI is InChI=1S/C9H13N3O6/c10-4-1-5(14)11-9(17)12(4)8-7(16)6(15)3(2-13)18-8/h1,3,6-8,13,15-16H,2,10H2,(H,11,14,17)/t3-,6?,7?,8-/m1/s1. The van der Waals surface area contributed by atoms with Crippen molar-refractivity contribution in [2.24, 2.45) is 0 Å². The van der Waals surface area contributed by atoms with E-state index in [4.69, 9.17) is 15.6 Å². The molecule has 0 saturated carbocycles. The van der Waals surface area contributed by atoms with Gasteiger partial charge in [0.1, 0.15) is 24.1 Å². The maximum absolute atomic E-state index is 11.6. The van der Waals surface area contributed by atoms with Crippen LogP contribution in [0.15, 0.2) is 15.7 Å². The van der Waals surface area contributed by atoms with E-state index in [1.54, 1.807) is 0 Å². The topological polar surface area (TPSA) is 151 Å². The van der Waals surface area contributed by atoms with Crippen LogP contribution in [-0.4, -0.2) is 49.8 Å². The number of hydrogen-bond acceptors (Lipinski definition) is 7. The summed E-state index contributed by atoms with van der Waals surface area (Å²) in [5.41, 5.74) is 3.96. The Hall–Kier alpha value is -1.68. The van der Waals surface area contributed by atoms with E-state index in [1.807, 2.05) is 4.98 Å². The van der Waals surface area contributed by atoms with E-state index in [0.29, 0.717) is 0 Å². The number of nitrogens with two attached hydrogens (primary N) is 1. The lowest BCUT2D eigenvalue weighted by atomic mass is 10.1. The number of aliphatic hydroxyl groups is 3. The molecule has 4 atom stereocenters. The Labute approximate surface area is 100 Å². The van der Waals surface area contributed by atoms with Crippen molar-refractivity contribution in [2.75, 3.05) is 12.3 Å².